The van der Waals surface area contributed by atoms with Crippen molar-refractivity contribution in [3.05, 3.63) is 71.9 Å². The number of hydrogen-bond acceptors (Lipinski definition) is 5. The number of ether oxygens (including phenoxy) is 1. The third-order valence-electron chi connectivity index (χ3n) is 4.47. The lowest BCUT2D eigenvalue weighted by Crippen LogP contribution is -2.17. The van der Waals surface area contributed by atoms with Crippen molar-refractivity contribution in [3.63, 3.8) is 0 Å². The van der Waals surface area contributed by atoms with E-state index in [9.17, 15) is 4.79 Å². The van der Waals surface area contributed by atoms with E-state index in [1.54, 1.807) is 13.2 Å². The summed E-state index contributed by atoms with van der Waals surface area (Å²) in [5, 5.41) is 6.24. The van der Waals surface area contributed by atoms with Crippen LogP contribution in [0.4, 0.5) is 11.5 Å². The predicted molar refractivity (Wildman–Crippen MR) is 116 cm³/mol. The SMILES string of the molecule is CCc1ccccc1NC(=O)c1cc(NCCCOC)nc(-c2ccccc2)n1. The number of aryl methyl sites for hydroxylation is 1. The number of benzene rings is 2. The van der Waals surface area contributed by atoms with Gasteiger partial charge in [0.05, 0.1) is 0 Å². The molecule has 3 rings (SSSR count). The van der Waals surface area contributed by atoms with Crippen molar-refractivity contribution in [1.29, 1.82) is 0 Å². The molecule has 2 N–H and O–H groups in total. The van der Waals surface area contributed by atoms with E-state index in [4.69, 9.17) is 4.74 Å². The van der Waals surface area contributed by atoms with Crippen molar-refractivity contribution >= 4 is 17.4 Å². The second-order valence-corrected chi connectivity index (χ2v) is 6.57. The average molecular weight is 390 g/mol. The maximum absolute atomic E-state index is 12.9. The van der Waals surface area contributed by atoms with Gasteiger partial charge in [0.1, 0.15) is 11.5 Å². The topological polar surface area (TPSA) is 76.1 Å². The van der Waals surface area contributed by atoms with Crippen LogP contribution >= 0.6 is 0 Å². The van der Waals surface area contributed by atoms with E-state index < -0.39 is 0 Å². The third-order valence-corrected chi connectivity index (χ3v) is 4.47. The molecule has 3 aromatic rings. The summed E-state index contributed by atoms with van der Waals surface area (Å²) in [6, 6.07) is 19.1. The fraction of sp³-hybridized carbons (Fsp3) is 0.261. The van der Waals surface area contributed by atoms with Gasteiger partial charge in [-0.1, -0.05) is 55.5 Å². The Kier molecular flexibility index (Phi) is 7.30. The van der Waals surface area contributed by atoms with Crippen molar-refractivity contribution in [2.45, 2.75) is 19.8 Å². The molecule has 0 aliphatic heterocycles. The molecule has 0 radical (unpaired) electrons. The van der Waals surface area contributed by atoms with E-state index in [-0.39, 0.29) is 5.91 Å². The zero-order valence-corrected chi connectivity index (χ0v) is 16.8. The highest BCUT2D eigenvalue weighted by atomic mass is 16.5. The molecule has 1 aromatic heterocycles. The standard InChI is InChI=1S/C23H26N4O2/c1-3-17-10-7-8-13-19(17)26-23(28)20-16-21(24-14-9-15-29-2)27-22(25-20)18-11-5-4-6-12-18/h4-8,10-13,16H,3,9,14-15H2,1-2H3,(H,26,28)(H,24,25,27). The Morgan fingerprint density at radius 2 is 1.79 bits per heavy atom. The van der Waals surface area contributed by atoms with E-state index in [0.29, 0.717) is 30.5 Å². The minimum atomic E-state index is -0.259. The molecule has 0 saturated heterocycles. The van der Waals surface area contributed by atoms with Crippen LogP contribution < -0.4 is 10.6 Å². The van der Waals surface area contributed by atoms with Crippen LogP contribution in [-0.4, -0.2) is 36.1 Å². The van der Waals surface area contributed by atoms with Gasteiger partial charge in [0.25, 0.3) is 5.91 Å². The molecular formula is C23H26N4O2. The monoisotopic (exact) mass is 390 g/mol. The number of carbonyl (C=O) groups excluding carboxylic acids is 1. The second-order valence-electron chi connectivity index (χ2n) is 6.57. The van der Waals surface area contributed by atoms with Gasteiger partial charge >= 0.3 is 0 Å². The molecule has 1 amide bonds. The Hall–Kier alpha value is -3.25. The molecule has 0 unspecified atom stereocenters. The van der Waals surface area contributed by atoms with Crippen molar-refractivity contribution in [1.82, 2.24) is 9.97 Å². The molecule has 0 atom stereocenters. The Labute approximate surface area is 171 Å². The molecule has 6 nitrogen and oxygen atoms in total. The zero-order chi connectivity index (χ0) is 20.5. The molecule has 0 spiro atoms. The maximum Gasteiger partial charge on any atom is 0.274 e. The maximum atomic E-state index is 12.9. The first-order valence-corrected chi connectivity index (χ1v) is 9.78. The summed E-state index contributed by atoms with van der Waals surface area (Å²) in [5.74, 6) is 0.866. The van der Waals surface area contributed by atoms with Crippen LogP contribution in [0.2, 0.25) is 0 Å². The van der Waals surface area contributed by atoms with Crippen molar-refractivity contribution in [3.8, 4) is 11.4 Å². The lowest BCUT2D eigenvalue weighted by Gasteiger charge is -2.12. The minimum absolute atomic E-state index is 0.259. The van der Waals surface area contributed by atoms with Crippen LogP contribution in [0, 0.1) is 0 Å². The van der Waals surface area contributed by atoms with Gasteiger partial charge in [-0.25, -0.2) is 9.97 Å². The summed E-state index contributed by atoms with van der Waals surface area (Å²) in [7, 11) is 1.68. The number of amides is 1. The van der Waals surface area contributed by atoms with Gasteiger partial charge in [0.15, 0.2) is 5.82 Å². The number of nitrogens with zero attached hydrogens (tertiary/aromatic N) is 2. The van der Waals surface area contributed by atoms with Gasteiger partial charge in [0, 0.05) is 37.6 Å². The number of methoxy groups -OCH3 is 1. The van der Waals surface area contributed by atoms with Gasteiger partial charge < -0.3 is 15.4 Å². The van der Waals surface area contributed by atoms with Crippen LogP contribution in [0.1, 0.15) is 29.4 Å². The van der Waals surface area contributed by atoms with Gasteiger partial charge in [0.2, 0.25) is 0 Å². The van der Waals surface area contributed by atoms with E-state index in [1.165, 1.54) is 0 Å². The summed E-state index contributed by atoms with van der Waals surface area (Å²) in [4.78, 5) is 22.0. The Balaban J connectivity index is 1.88. The number of nitrogens with one attached hydrogen (secondary N) is 2. The number of hydrogen-bond donors (Lipinski definition) is 2. The lowest BCUT2D eigenvalue weighted by atomic mass is 10.1. The first kappa shape index (κ1) is 20.5. The average Bonchev–Trinajstić information content (AvgIpc) is 2.77. The van der Waals surface area contributed by atoms with Gasteiger partial charge in [-0.2, -0.15) is 0 Å². The number of rotatable bonds is 9. The van der Waals surface area contributed by atoms with Crippen molar-refractivity contribution in [2.75, 3.05) is 30.9 Å². The molecule has 6 heteroatoms. The number of carbonyl (C=O) groups is 1. The first-order valence-electron chi connectivity index (χ1n) is 9.78. The quantitative estimate of drug-likeness (QED) is 0.530. The molecule has 0 aliphatic carbocycles. The van der Waals surface area contributed by atoms with E-state index in [0.717, 1.165) is 29.7 Å². The summed E-state index contributed by atoms with van der Waals surface area (Å²) in [6.07, 6.45) is 1.67. The first-order chi connectivity index (χ1) is 14.2. The normalized spacial score (nSPS) is 10.6. The summed E-state index contributed by atoms with van der Waals surface area (Å²) < 4.78 is 5.09. The fourth-order valence-corrected chi connectivity index (χ4v) is 2.94. The minimum Gasteiger partial charge on any atom is -0.385 e. The summed E-state index contributed by atoms with van der Waals surface area (Å²) in [6.45, 7) is 3.41. The lowest BCUT2D eigenvalue weighted by molar-refractivity contribution is 0.102. The van der Waals surface area contributed by atoms with Gasteiger partial charge in [-0.05, 0) is 24.5 Å². The van der Waals surface area contributed by atoms with Crippen LogP contribution in [0.5, 0.6) is 0 Å². The van der Waals surface area contributed by atoms with Crippen LogP contribution in [0.25, 0.3) is 11.4 Å². The van der Waals surface area contributed by atoms with E-state index in [2.05, 4.69) is 27.5 Å². The molecule has 150 valence electrons. The summed E-state index contributed by atoms with van der Waals surface area (Å²) in [5.41, 5.74) is 3.06. The molecule has 0 bridgehead atoms. The van der Waals surface area contributed by atoms with Crippen LogP contribution in [0.15, 0.2) is 60.7 Å². The smallest absolute Gasteiger partial charge is 0.274 e. The Morgan fingerprint density at radius 3 is 2.55 bits per heavy atom. The number of anilines is 2. The van der Waals surface area contributed by atoms with Crippen molar-refractivity contribution in [2.24, 2.45) is 0 Å². The highest BCUT2D eigenvalue weighted by Crippen LogP contribution is 2.20. The summed E-state index contributed by atoms with van der Waals surface area (Å²) >= 11 is 0. The predicted octanol–water partition coefficient (Wildman–Crippen LogP) is 4.41. The Bertz CT molecular complexity index is 945. The molecule has 2 aromatic carbocycles. The highest BCUT2D eigenvalue weighted by molar-refractivity contribution is 6.04. The molecule has 0 aliphatic rings. The molecule has 1 heterocycles. The third kappa shape index (κ3) is 5.62. The Morgan fingerprint density at radius 1 is 1.03 bits per heavy atom. The highest BCUT2D eigenvalue weighted by Gasteiger charge is 2.14. The molecule has 0 fully saturated rings. The fourth-order valence-electron chi connectivity index (χ4n) is 2.94. The van der Waals surface area contributed by atoms with E-state index >= 15 is 0 Å². The van der Waals surface area contributed by atoms with Gasteiger partial charge in [-0.15, -0.1) is 0 Å². The zero-order valence-electron chi connectivity index (χ0n) is 16.8. The number of aromatic nitrogens is 2. The van der Waals surface area contributed by atoms with Crippen LogP contribution in [0.3, 0.4) is 0 Å². The van der Waals surface area contributed by atoms with E-state index in [1.807, 2.05) is 54.6 Å². The van der Waals surface area contributed by atoms with Gasteiger partial charge in [-0.3, -0.25) is 4.79 Å². The molecular weight excluding hydrogens is 364 g/mol. The van der Waals surface area contributed by atoms with Crippen molar-refractivity contribution < 1.29 is 9.53 Å². The molecule has 29 heavy (non-hydrogen) atoms. The second kappa shape index (κ2) is 10.3. The molecule has 0 saturated carbocycles. The largest absolute Gasteiger partial charge is 0.385 e. The van der Waals surface area contributed by atoms with Crippen LogP contribution in [-0.2, 0) is 11.2 Å². The number of para-hydroxylation sites is 1.